The first-order chi connectivity index (χ1) is 15.0. The molecular formula is C18H30N7O6+. The summed E-state index contributed by atoms with van der Waals surface area (Å²) in [6.45, 7) is 1.78. The van der Waals surface area contributed by atoms with Crippen molar-refractivity contribution in [3.8, 4) is 0 Å². The van der Waals surface area contributed by atoms with Gasteiger partial charge in [0.2, 0.25) is 17.7 Å². The summed E-state index contributed by atoms with van der Waals surface area (Å²) in [6, 6.07) is -1.39. The van der Waals surface area contributed by atoms with Gasteiger partial charge in [-0.3, -0.25) is 15.1 Å². The average molecular weight is 440 g/mol. The second-order valence-electron chi connectivity index (χ2n) is 7.21. The first-order valence-electron chi connectivity index (χ1n) is 10.0. The number of nitrogens with one attached hydrogen (secondary N) is 3. The van der Waals surface area contributed by atoms with Crippen LogP contribution in [0.1, 0.15) is 26.0 Å². The number of nitrogens with two attached hydrogens (primary N) is 1. The highest BCUT2D eigenvalue weighted by atomic mass is 16.7. The molecule has 0 aromatic carbocycles. The van der Waals surface area contributed by atoms with E-state index in [0.717, 1.165) is 6.42 Å². The Balaban J connectivity index is 1.80. The summed E-state index contributed by atoms with van der Waals surface area (Å²) < 4.78 is 17.5. The lowest BCUT2D eigenvalue weighted by molar-refractivity contribution is -0.740. The van der Waals surface area contributed by atoms with Gasteiger partial charge in [-0.1, -0.05) is 18.3 Å². The van der Waals surface area contributed by atoms with Crippen LogP contribution >= 0.6 is 0 Å². The summed E-state index contributed by atoms with van der Waals surface area (Å²) in [6.07, 6.45) is 1.36. The third kappa shape index (κ3) is 5.08. The third-order valence-corrected chi connectivity index (χ3v) is 5.11. The number of fused-ring (bicyclic) bond motifs is 1. The number of amides is 1. The monoisotopic (exact) mass is 440 g/mol. The van der Waals surface area contributed by atoms with Crippen molar-refractivity contribution in [1.29, 1.82) is 0 Å². The van der Waals surface area contributed by atoms with Gasteiger partial charge >= 0.3 is 5.65 Å². The molecule has 5 atom stereocenters. The minimum atomic E-state index is -1.14. The molecule has 1 aliphatic heterocycles. The number of aromatic amines is 1. The van der Waals surface area contributed by atoms with Crippen LogP contribution < -0.4 is 20.9 Å². The predicted molar refractivity (Wildman–Crippen MR) is 107 cm³/mol. The van der Waals surface area contributed by atoms with Gasteiger partial charge in [0.25, 0.3) is 0 Å². The van der Waals surface area contributed by atoms with Crippen LogP contribution in [0, 0.1) is 0 Å². The number of aliphatic hydroxyl groups excluding tert-OH is 2. The molecule has 2 unspecified atom stereocenters. The molecule has 0 aliphatic carbocycles. The van der Waals surface area contributed by atoms with Gasteiger partial charge in [-0.25, -0.2) is 4.57 Å². The van der Waals surface area contributed by atoms with Gasteiger partial charge in [0.1, 0.15) is 25.0 Å². The van der Waals surface area contributed by atoms with Crippen LogP contribution in [0.3, 0.4) is 0 Å². The standard InChI is InChI=1S/C18H29N7O6/c1-3-4-10(23-8-30-9-29-2)17(28)24-12-14(27)11(5-26)31-18(12)25-7-22-13-15(19)20-6-21-16(13)25/h6-7,10-12,14,18,23,26-27H,3-5,8-9H2,1-2H3,(H3,19,20,21,24,28)/p+1/t10?,11-,12?,14+,18-/m1/s1. The minimum absolute atomic E-state index is 0.102. The van der Waals surface area contributed by atoms with E-state index in [1.807, 2.05) is 6.92 Å². The van der Waals surface area contributed by atoms with Crippen LogP contribution in [0.4, 0.5) is 5.82 Å². The Hall–Kier alpha value is -2.42. The topological polar surface area (TPSA) is 181 Å². The van der Waals surface area contributed by atoms with E-state index in [2.05, 4.69) is 25.6 Å². The van der Waals surface area contributed by atoms with E-state index < -0.39 is 37.1 Å². The van der Waals surface area contributed by atoms with Gasteiger partial charge in [-0.2, -0.15) is 4.98 Å². The SMILES string of the molecule is CCCC(NCOCOC)C(=O)NC1[C@@H](O)[C@@H](CO)O[C@H]1[n+]1c[nH]c2c(N)ncnc21. The molecule has 1 amide bonds. The van der Waals surface area contributed by atoms with E-state index in [1.54, 1.807) is 10.9 Å². The number of H-pyrrole nitrogens is 1. The Labute approximate surface area is 178 Å². The predicted octanol–water partition coefficient (Wildman–Crippen LogP) is -2.10. The van der Waals surface area contributed by atoms with Gasteiger partial charge in [0.05, 0.1) is 19.4 Å². The molecular weight excluding hydrogens is 410 g/mol. The molecule has 3 rings (SSSR count). The maximum Gasteiger partial charge on any atom is 0.309 e. The zero-order valence-corrected chi connectivity index (χ0v) is 17.5. The molecule has 0 bridgehead atoms. The van der Waals surface area contributed by atoms with Crippen LogP contribution in [0.2, 0.25) is 0 Å². The summed E-state index contributed by atoms with van der Waals surface area (Å²) in [5, 5.41) is 26.2. The Morgan fingerprint density at radius 3 is 3.00 bits per heavy atom. The lowest BCUT2D eigenvalue weighted by Gasteiger charge is -2.24. The number of nitrogens with zero attached hydrogens (tertiary/aromatic N) is 3. The van der Waals surface area contributed by atoms with E-state index >= 15 is 0 Å². The molecule has 172 valence electrons. The number of carbonyl (C=O) groups excluding carboxylic acids is 1. The Kier molecular flexibility index (Phi) is 8.06. The number of rotatable bonds is 11. The number of methoxy groups -OCH3 is 1. The van der Waals surface area contributed by atoms with Crippen molar-refractivity contribution in [1.82, 2.24) is 25.6 Å². The maximum atomic E-state index is 13.0. The second-order valence-corrected chi connectivity index (χ2v) is 7.21. The fraction of sp³-hybridized carbons (Fsp3) is 0.667. The number of imidazole rings is 1. The molecule has 2 aromatic rings. The summed E-state index contributed by atoms with van der Waals surface area (Å²) in [5.41, 5.74) is 6.82. The quantitative estimate of drug-likeness (QED) is 0.129. The largest absolute Gasteiger partial charge is 0.394 e. The van der Waals surface area contributed by atoms with Crippen LogP contribution in [0.15, 0.2) is 12.7 Å². The molecule has 0 radical (unpaired) electrons. The van der Waals surface area contributed by atoms with Crippen LogP contribution in [-0.4, -0.2) is 82.6 Å². The number of aliphatic hydroxyl groups is 2. The van der Waals surface area contributed by atoms with E-state index in [-0.39, 0.29) is 25.2 Å². The highest BCUT2D eigenvalue weighted by Gasteiger charge is 2.48. The minimum Gasteiger partial charge on any atom is -0.394 e. The molecule has 1 aliphatic rings. The molecule has 2 aromatic heterocycles. The number of carbonyl (C=O) groups is 1. The molecule has 31 heavy (non-hydrogen) atoms. The van der Waals surface area contributed by atoms with Gasteiger partial charge < -0.3 is 35.5 Å². The molecule has 0 spiro atoms. The second kappa shape index (κ2) is 10.7. The van der Waals surface area contributed by atoms with Gasteiger partial charge in [0.15, 0.2) is 18.5 Å². The van der Waals surface area contributed by atoms with Crippen molar-refractivity contribution in [2.45, 2.75) is 50.3 Å². The van der Waals surface area contributed by atoms with Crippen molar-refractivity contribution >= 4 is 22.9 Å². The number of aromatic nitrogens is 4. The summed E-state index contributed by atoms with van der Waals surface area (Å²) in [4.78, 5) is 24.1. The number of hydrogen-bond donors (Lipinski definition) is 6. The van der Waals surface area contributed by atoms with Crippen molar-refractivity contribution in [3.05, 3.63) is 12.7 Å². The smallest absolute Gasteiger partial charge is 0.309 e. The van der Waals surface area contributed by atoms with Crippen molar-refractivity contribution in [3.63, 3.8) is 0 Å². The highest BCUT2D eigenvalue weighted by molar-refractivity contribution is 5.82. The molecule has 7 N–H and O–H groups in total. The maximum absolute atomic E-state index is 13.0. The zero-order valence-electron chi connectivity index (χ0n) is 17.5. The lowest BCUT2D eigenvalue weighted by atomic mass is 10.1. The molecule has 1 fully saturated rings. The molecule has 13 heteroatoms. The molecule has 13 nitrogen and oxygen atoms in total. The van der Waals surface area contributed by atoms with Crippen molar-refractivity contribution in [2.24, 2.45) is 0 Å². The fourth-order valence-electron chi connectivity index (χ4n) is 3.57. The molecule has 0 saturated carbocycles. The zero-order chi connectivity index (χ0) is 22.4. The van der Waals surface area contributed by atoms with Gasteiger partial charge in [-0.15, -0.1) is 0 Å². The van der Waals surface area contributed by atoms with Crippen LogP contribution in [0.25, 0.3) is 11.2 Å². The summed E-state index contributed by atoms with van der Waals surface area (Å²) >= 11 is 0. The average Bonchev–Trinajstić information content (AvgIpc) is 3.32. The number of hydrogen-bond acceptors (Lipinski definition) is 10. The van der Waals surface area contributed by atoms with E-state index in [4.69, 9.17) is 19.9 Å². The number of anilines is 1. The number of ether oxygens (including phenoxy) is 3. The van der Waals surface area contributed by atoms with E-state index in [1.165, 1.54) is 13.4 Å². The van der Waals surface area contributed by atoms with Crippen molar-refractivity contribution in [2.75, 3.05) is 33.0 Å². The fourth-order valence-corrected chi connectivity index (χ4v) is 3.57. The van der Waals surface area contributed by atoms with E-state index in [9.17, 15) is 15.0 Å². The van der Waals surface area contributed by atoms with E-state index in [0.29, 0.717) is 17.6 Å². The first kappa shape index (κ1) is 23.2. The normalized spacial score (nSPS) is 24.5. The highest BCUT2D eigenvalue weighted by Crippen LogP contribution is 2.27. The first-order valence-corrected chi connectivity index (χ1v) is 10.0. The third-order valence-electron chi connectivity index (χ3n) is 5.11. The van der Waals surface area contributed by atoms with Crippen molar-refractivity contribution < 1.29 is 33.8 Å². The summed E-state index contributed by atoms with van der Waals surface area (Å²) in [7, 11) is 1.51. The van der Waals surface area contributed by atoms with Gasteiger partial charge in [-0.05, 0) is 6.42 Å². The molecule has 1 saturated heterocycles. The van der Waals surface area contributed by atoms with Crippen LogP contribution in [0.5, 0.6) is 0 Å². The number of nitrogen functional groups attached to an aromatic ring is 1. The summed E-state index contributed by atoms with van der Waals surface area (Å²) in [5.74, 6) is -0.0708. The Morgan fingerprint density at radius 1 is 1.48 bits per heavy atom. The van der Waals surface area contributed by atoms with Crippen LogP contribution in [-0.2, 0) is 19.0 Å². The lowest BCUT2D eigenvalue weighted by Crippen LogP contribution is -2.57. The van der Waals surface area contributed by atoms with Gasteiger partial charge in [0, 0.05) is 7.11 Å². The Morgan fingerprint density at radius 2 is 2.29 bits per heavy atom. The Bertz CT molecular complexity index is 865. The molecule has 3 heterocycles.